The lowest BCUT2D eigenvalue weighted by Gasteiger charge is -2.38. The minimum absolute atomic E-state index is 0.384. The molecular formula is C12H24O. The first-order valence-corrected chi connectivity index (χ1v) is 5.71. The maximum absolute atomic E-state index is 4.75. The van der Waals surface area contributed by atoms with Gasteiger partial charge in [-0.25, -0.2) is 0 Å². The molecule has 0 heterocycles. The van der Waals surface area contributed by atoms with Crippen LogP contribution < -0.4 is 0 Å². The van der Waals surface area contributed by atoms with Crippen LogP contribution in [0, 0.1) is 5.41 Å². The van der Waals surface area contributed by atoms with Gasteiger partial charge in [-0.05, 0) is 44.9 Å². The van der Waals surface area contributed by atoms with Crippen molar-refractivity contribution in [3.63, 3.8) is 0 Å². The Balaban J connectivity index is 0.000000149. The van der Waals surface area contributed by atoms with Crippen LogP contribution in [0.1, 0.15) is 58.8 Å². The Morgan fingerprint density at radius 3 is 1.46 bits per heavy atom. The summed E-state index contributed by atoms with van der Waals surface area (Å²) in [6.07, 6.45) is 11.2. The van der Waals surface area contributed by atoms with Gasteiger partial charge in [0.25, 0.3) is 0 Å². The van der Waals surface area contributed by atoms with Crippen LogP contribution in [-0.2, 0) is 4.74 Å². The highest BCUT2D eigenvalue weighted by atomic mass is 16.5. The summed E-state index contributed by atoms with van der Waals surface area (Å²) in [4.78, 5) is 0. The average molecular weight is 184 g/mol. The average Bonchev–Trinajstić information content (AvgIpc) is 2.52. The summed E-state index contributed by atoms with van der Waals surface area (Å²) in [5.74, 6) is 0. The Morgan fingerprint density at radius 2 is 1.31 bits per heavy atom. The van der Waals surface area contributed by atoms with Crippen LogP contribution in [-0.4, -0.2) is 13.2 Å². The molecule has 0 N–H and O–H groups in total. The predicted octanol–water partition coefficient (Wildman–Crippen LogP) is 3.77. The second kappa shape index (κ2) is 4.99. The van der Waals surface area contributed by atoms with Gasteiger partial charge in [-0.15, -0.1) is 0 Å². The lowest BCUT2D eigenvalue weighted by molar-refractivity contribution is 0.134. The molecule has 0 aromatic rings. The molecule has 0 aliphatic heterocycles. The van der Waals surface area contributed by atoms with Crippen molar-refractivity contribution < 1.29 is 4.74 Å². The quantitative estimate of drug-likeness (QED) is 0.602. The summed E-state index contributed by atoms with van der Waals surface area (Å²) < 4.78 is 4.75. The molecule has 0 aromatic heterocycles. The predicted molar refractivity (Wildman–Crippen MR) is 56.9 cm³/mol. The van der Waals surface area contributed by atoms with Crippen molar-refractivity contribution in [3.05, 3.63) is 0 Å². The molecule has 2 aliphatic carbocycles. The van der Waals surface area contributed by atoms with Crippen molar-refractivity contribution in [2.45, 2.75) is 64.9 Å². The maximum Gasteiger partial charge on any atom is 0.0515 e. The Morgan fingerprint density at radius 1 is 0.923 bits per heavy atom. The fourth-order valence-electron chi connectivity index (χ4n) is 2.30. The SMILES string of the molecule is C1CCC2(C1)CCC2.COC(C)C. The van der Waals surface area contributed by atoms with Gasteiger partial charge in [0.2, 0.25) is 0 Å². The van der Waals surface area contributed by atoms with E-state index >= 15 is 0 Å². The fourth-order valence-corrected chi connectivity index (χ4v) is 2.30. The van der Waals surface area contributed by atoms with Gasteiger partial charge in [-0.2, -0.15) is 0 Å². The largest absolute Gasteiger partial charge is 0.382 e. The van der Waals surface area contributed by atoms with Crippen LogP contribution >= 0.6 is 0 Å². The van der Waals surface area contributed by atoms with Crippen molar-refractivity contribution in [2.24, 2.45) is 5.41 Å². The zero-order chi connectivity index (χ0) is 9.73. The highest BCUT2D eigenvalue weighted by Crippen LogP contribution is 2.52. The zero-order valence-electron chi connectivity index (χ0n) is 9.44. The van der Waals surface area contributed by atoms with Crippen molar-refractivity contribution in [3.8, 4) is 0 Å². The molecule has 1 spiro atoms. The normalized spacial score (nSPS) is 24.0. The Bertz CT molecular complexity index is 128. The van der Waals surface area contributed by atoms with Gasteiger partial charge < -0.3 is 4.74 Å². The van der Waals surface area contributed by atoms with Crippen molar-refractivity contribution in [2.75, 3.05) is 7.11 Å². The second-order valence-electron chi connectivity index (χ2n) is 4.85. The van der Waals surface area contributed by atoms with Crippen LogP contribution in [0.5, 0.6) is 0 Å². The summed E-state index contributed by atoms with van der Waals surface area (Å²) in [6, 6.07) is 0. The first kappa shape index (κ1) is 11.0. The van der Waals surface area contributed by atoms with E-state index in [1.54, 1.807) is 32.8 Å². The molecular weight excluding hydrogens is 160 g/mol. The van der Waals surface area contributed by atoms with E-state index in [-0.39, 0.29) is 0 Å². The number of rotatable bonds is 1. The molecule has 78 valence electrons. The minimum Gasteiger partial charge on any atom is -0.382 e. The first-order chi connectivity index (χ1) is 6.18. The van der Waals surface area contributed by atoms with E-state index < -0.39 is 0 Å². The molecule has 13 heavy (non-hydrogen) atoms. The smallest absolute Gasteiger partial charge is 0.0515 e. The number of ether oxygens (including phenoxy) is 1. The summed E-state index contributed by atoms with van der Waals surface area (Å²) >= 11 is 0. The van der Waals surface area contributed by atoms with Crippen molar-refractivity contribution in [1.29, 1.82) is 0 Å². The van der Waals surface area contributed by atoms with Crippen LogP contribution in [0.4, 0.5) is 0 Å². The van der Waals surface area contributed by atoms with Crippen LogP contribution in [0.3, 0.4) is 0 Å². The second-order valence-corrected chi connectivity index (χ2v) is 4.85. The van der Waals surface area contributed by atoms with E-state index in [4.69, 9.17) is 4.74 Å². The molecule has 2 saturated carbocycles. The Hall–Kier alpha value is -0.0400. The summed E-state index contributed by atoms with van der Waals surface area (Å²) in [6.45, 7) is 4.00. The summed E-state index contributed by atoms with van der Waals surface area (Å²) in [7, 11) is 1.70. The summed E-state index contributed by atoms with van der Waals surface area (Å²) in [5.41, 5.74) is 0.917. The molecule has 2 aliphatic rings. The number of hydrogen-bond acceptors (Lipinski definition) is 1. The zero-order valence-corrected chi connectivity index (χ0v) is 9.44. The van der Waals surface area contributed by atoms with E-state index in [2.05, 4.69) is 0 Å². The maximum atomic E-state index is 4.75. The van der Waals surface area contributed by atoms with Gasteiger partial charge in [0.15, 0.2) is 0 Å². The van der Waals surface area contributed by atoms with Crippen LogP contribution in [0.25, 0.3) is 0 Å². The third kappa shape index (κ3) is 3.30. The molecule has 1 nitrogen and oxygen atoms in total. The van der Waals surface area contributed by atoms with Crippen molar-refractivity contribution in [1.82, 2.24) is 0 Å². The van der Waals surface area contributed by atoms with E-state index in [0.29, 0.717) is 6.10 Å². The first-order valence-electron chi connectivity index (χ1n) is 5.71. The topological polar surface area (TPSA) is 9.23 Å². The van der Waals surface area contributed by atoms with Gasteiger partial charge >= 0.3 is 0 Å². The monoisotopic (exact) mass is 184 g/mol. The third-order valence-corrected chi connectivity index (χ3v) is 3.55. The van der Waals surface area contributed by atoms with E-state index in [9.17, 15) is 0 Å². The van der Waals surface area contributed by atoms with Crippen molar-refractivity contribution >= 4 is 0 Å². The molecule has 0 bridgehead atoms. The van der Waals surface area contributed by atoms with E-state index in [1.807, 2.05) is 13.8 Å². The van der Waals surface area contributed by atoms with E-state index in [0.717, 1.165) is 5.41 Å². The molecule has 2 rings (SSSR count). The number of methoxy groups -OCH3 is 1. The molecule has 0 radical (unpaired) electrons. The molecule has 0 atom stereocenters. The molecule has 0 unspecified atom stereocenters. The molecule has 1 heteroatoms. The third-order valence-electron chi connectivity index (χ3n) is 3.55. The molecule has 2 fully saturated rings. The number of hydrogen-bond donors (Lipinski definition) is 0. The summed E-state index contributed by atoms with van der Waals surface area (Å²) in [5, 5.41) is 0. The van der Waals surface area contributed by atoms with E-state index in [1.165, 1.54) is 19.3 Å². The highest BCUT2D eigenvalue weighted by molar-refractivity contribution is 4.90. The Labute approximate surface area is 82.9 Å². The molecule has 0 saturated heterocycles. The van der Waals surface area contributed by atoms with Gasteiger partial charge in [0.1, 0.15) is 0 Å². The van der Waals surface area contributed by atoms with Gasteiger partial charge in [-0.1, -0.05) is 19.3 Å². The van der Waals surface area contributed by atoms with Crippen LogP contribution in [0.15, 0.2) is 0 Å². The van der Waals surface area contributed by atoms with Crippen LogP contribution in [0.2, 0.25) is 0 Å². The fraction of sp³-hybridized carbons (Fsp3) is 1.00. The minimum atomic E-state index is 0.384. The molecule has 0 amide bonds. The molecule has 0 aromatic carbocycles. The van der Waals surface area contributed by atoms with Gasteiger partial charge in [0.05, 0.1) is 6.10 Å². The lowest BCUT2D eigenvalue weighted by atomic mass is 9.68. The standard InChI is InChI=1S/C8H14.C4H10O/c1-2-5-8(4-1)6-3-7-8;1-4(2)5-3/h1-7H2;4H,1-3H3. The highest BCUT2D eigenvalue weighted by Gasteiger charge is 2.38. The Kier molecular flexibility index (Phi) is 4.24. The van der Waals surface area contributed by atoms with Gasteiger partial charge in [-0.3, -0.25) is 0 Å². The lowest BCUT2D eigenvalue weighted by Crippen LogP contribution is -2.24. The van der Waals surface area contributed by atoms with Gasteiger partial charge in [0, 0.05) is 7.11 Å².